The van der Waals surface area contributed by atoms with Gasteiger partial charge in [-0.05, 0) is 32.4 Å². The van der Waals surface area contributed by atoms with E-state index in [0.29, 0.717) is 13.1 Å². The Kier molecular flexibility index (Phi) is 7.01. The molecular weight excluding hydrogens is 316 g/mol. The Morgan fingerprint density at radius 2 is 2.04 bits per heavy atom. The van der Waals surface area contributed by atoms with Crippen molar-refractivity contribution in [2.45, 2.75) is 39.7 Å². The average Bonchev–Trinajstić information content (AvgIpc) is 3.00. The molecule has 0 aliphatic rings. The van der Waals surface area contributed by atoms with E-state index in [1.54, 1.807) is 11.1 Å². The van der Waals surface area contributed by atoms with Crippen LogP contribution in [-0.4, -0.2) is 45.5 Å². The Labute approximate surface area is 149 Å². The lowest BCUT2D eigenvalue weighted by Crippen LogP contribution is -2.43. The smallest absolute Gasteiger partial charge is 0.317 e. The average molecular weight is 344 g/mol. The molecule has 6 heteroatoms. The minimum Gasteiger partial charge on any atom is -0.395 e. The number of carbonyl (C=O) groups is 1. The predicted molar refractivity (Wildman–Crippen MR) is 98.8 cm³/mol. The number of aliphatic hydroxyl groups is 1. The fourth-order valence-electron chi connectivity index (χ4n) is 2.82. The number of amides is 2. The van der Waals surface area contributed by atoms with Crippen LogP contribution < -0.4 is 5.32 Å². The maximum Gasteiger partial charge on any atom is 0.317 e. The van der Waals surface area contributed by atoms with Gasteiger partial charge in [0, 0.05) is 24.3 Å². The summed E-state index contributed by atoms with van der Waals surface area (Å²) in [5.41, 5.74) is 2.98. The maximum absolute atomic E-state index is 12.5. The highest BCUT2D eigenvalue weighted by atomic mass is 16.3. The predicted octanol–water partition coefficient (Wildman–Crippen LogP) is 3.05. The number of nitrogens with zero attached hydrogens (tertiary/aromatic N) is 3. The normalized spacial score (nSPS) is 12.0. The van der Waals surface area contributed by atoms with Crippen molar-refractivity contribution in [2.24, 2.45) is 0 Å². The summed E-state index contributed by atoms with van der Waals surface area (Å²) in [6.07, 6.45) is 3.73. The highest BCUT2D eigenvalue weighted by molar-refractivity contribution is 5.74. The van der Waals surface area contributed by atoms with Gasteiger partial charge in [0.05, 0.1) is 24.5 Å². The summed E-state index contributed by atoms with van der Waals surface area (Å²) in [7, 11) is 0. The molecule has 2 N–H and O–H groups in total. The Morgan fingerprint density at radius 3 is 2.68 bits per heavy atom. The van der Waals surface area contributed by atoms with Crippen molar-refractivity contribution in [1.29, 1.82) is 0 Å². The Hall–Kier alpha value is -2.34. The third-order valence-electron chi connectivity index (χ3n) is 4.29. The van der Waals surface area contributed by atoms with Gasteiger partial charge in [0.25, 0.3) is 0 Å². The van der Waals surface area contributed by atoms with Crippen LogP contribution in [-0.2, 0) is 0 Å². The van der Waals surface area contributed by atoms with Crippen molar-refractivity contribution in [3.05, 3.63) is 47.8 Å². The Bertz CT molecular complexity index is 669. The van der Waals surface area contributed by atoms with Crippen LogP contribution in [0.25, 0.3) is 5.69 Å². The zero-order valence-electron chi connectivity index (χ0n) is 15.3. The molecule has 2 rings (SSSR count). The fourth-order valence-corrected chi connectivity index (χ4v) is 2.82. The molecule has 1 heterocycles. The SMILES string of the molecule is CCCCN(CCO)C(=O)NC(C)c1cnn(-c2ccccc2)c1C. The van der Waals surface area contributed by atoms with Crippen molar-refractivity contribution in [2.75, 3.05) is 19.7 Å². The van der Waals surface area contributed by atoms with Crippen molar-refractivity contribution in [3.8, 4) is 5.69 Å². The molecule has 1 aromatic heterocycles. The van der Waals surface area contributed by atoms with E-state index < -0.39 is 0 Å². The van der Waals surface area contributed by atoms with Crippen LogP contribution in [0.3, 0.4) is 0 Å². The highest BCUT2D eigenvalue weighted by Crippen LogP contribution is 2.20. The first-order chi connectivity index (χ1) is 12.1. The van der Waals surface area contributed by atoms with E-state index in [0.717, 1.165) is 29.8 Å². The summed E-state index contributed by atoms with van der Waals surface area (Å²) in [6.45, 7) is 7.00. The Morgan fingerprint density at radius 1 is 1.32 bits per heavy atom. The second kappa shape index (κ2) is 9.22. The van der Waals surface area contributed by atoms with Crippen LogP contribution in [0.4, 0.5) is 4.79 Å². The molecule has 0 saturated carbocycles. The number of para-hydroxylation sites is 1. The van der Waals surface area contributed by atoms with E-state index in [1.165, 1.54) is 0 Å². The van der Waals surface area contributed by atoms with Gasteiger partial charge >= 0.3 is 6.03 Å². The van der Waals surface area contributed by atoms with Gasteiger partial charge in [-0.15, -0.1) is 0 Å². The van der Waals surface area contributed by atoms with Crippen molar-refractivity contribution in [3.63, 3.8) is 0 Å². The topological polar surface area (TPSA) is 70.4 Å². The number of aromatic nitrogens is 2. The van der Waals surface area contributed by atoms with Crippen LogP contribution in [0.1, 0.15) is 44.0 Å². The zero-order valence-corrected chi connectivity index (χ0v) is 15.3. The lowest BCUT2D eigenvalue weighted by atomic mass is 10.1. The number of urea groups is 1. The maximum atomic E-state index is 12.5. The van der Waals surface area contributed by atoms with Gasteiger partial charge in [-0.3, -0.25) is 0 Å². The number of carbonyl (C=O) groups excluding carboxylic acids is 1. The van der Waals surface area contributed by atoms with Crippen molar-refractivity contribution < 1.29 is 9.90 Å². The Balaban J connectivity index is 2.09. The molecule has 1 atom stereocenters. The van der Waals surface area contributed by atoms with Gasteiger partial charge in [-0.2, -0.15) is 5.10 Å². The number of hydrogen-bond acceptors (Lipinski definition) is 3. The molecular formula is C19H28N4O2. The quantitative estimate of drug-likeness (QED) is 0.773. The number of nitrogens with one attached hydrogen (secondary N) is 1. The van der Waals surface area contributed by atoms with Crippen molar-refractivity contribution in [1.82, 2.24) is 20.0 Å². The fraction of sp³-hybridized carbons (Fsp3) is 0.474. The number of hydrogen-bond donors (Lipinski definition) is 2. The molecule has 2 aromatic rings. The number of unbranched alkanes of at least 4 members (excludes halogenated alkanes) is 1. The molecule has 0 bridgehead atoms. The zero-order chi connectivity index (χ0) is 18.2. The monoisotopic (exact) mass is 344 g/mol. The highest BCUT2D eigenvalue weighted by Gasteiger charge is 2.19. The first-order valence-corrected chi connectivity index (χ1v) is 8.84. The minimum absolute atomic E-state index is 0.0313. The van der Waals surface area contributed by atoms with Crippen LogP contribution in [0.2, 0.25) is 0 Å². The standard InChI is InChI=1S/C19H28N4O2/c1-4-5-11-22(12-13-24)19(25)21-15(2)18-14-20-23(16(18)3)17-9-7-6-8-10-17/h6-10,14-15,24H,4-5,11-13H2,1-3H3,(H,21,25). The number of aliphatic hydroxyl groups excluding tert-OH is 1. The molecule has 6 nitrogen and oxygen atoms in total. The molecule has 136 valence electrons. The van der Waals surface area contributed by atoms with E-state index >= 15 is 0 Å². The molecule has 25 heavy (non-hydrogen) atoms. The van der Waals surface area contributed by atoms with E-state index in [4.69, 9.17) is 0 Å². The van der Waals surface area contributed by atoms with Crippen LogP contribution in [0.5, 0.6) is 0 Å². The third kappa shape index (κ3) is 4.82. The van der Waals surface area contributed by atoms with Crippen molar-refractivity contribution >= 4 is 6.03 Å². The number of rotatable bonds is 8. The largest absolute Gasteiger partial charge is 0.395 e. The van der Waals surface area contributed by atoms with Gasteiger partial charge < -0.3 is 15.3 Å². The van der Waals surface area contributed by atoms with Gasteiger partial charge in [-0.25, -0.2) is 9.48 Å². The summed E-state index contributed by atoms with van der Waals surface area (Å²) in [4.78, 5) is 14.2. The van der Waals surface area contributed by atoms with Crippen LogP contribution in [0, 0.1) is 6.92 Å². The summed E-state index contributed by atoms with van der Waals surface area (Å²) in [6, 6.07) is 9.61. The van der Waals surface area contributed by atoms with Gasteiger partial charge in [0.15, 0.2) is 0 Å². The first-order valence-electron chi connectivity index (χ1n) is 8.84. The summed E-state index contributed by atoms with van der Waals surface area (Å²) < 4.78 is 1.88. The molecule has 0 aliphatic heterocycles. The van der Waals surface area contributed by atoms with Crippen LogP contribution in [0.15, 0.2) is 36.5 Å². The van der Waals surface area contributed by atoms with E-state index in [2.05, 4.69) is 17.3 Å². The molecule has 0 aliphatic carbocycles. The molecule has 2 amide bonds. The first kappa shape index (κ1) is 19.0. The molecule has 1 unspecified atom stereocenters. The lowest BCUT2D eigenvalue weighted by Gasteiger charge is -2.24. The molecule has 1 aromatic carbocycles. The second-order valence-electron chi connectivity index (χ2n) is 6.17. The minimum atomic E-state index is -0.159. The van der Waals surface area contributed by atoms with Gasteiger partial charge in [0.2, 0.25) is 0 Å². The molecule has 0 radical (unpaired) electrons. The molecule has 0 fully saturated rings. The number of benzene rings is 1. The van der Waals surface area contributed by atoms with Crippen LogP contribution >= 0.6 is 0 Å². The summed E-state index contributed by atoms with van der Waals surface area (Å²) >= 11 is 0. The molecule has 0 saturated heterocycles. The van der Waals surface area contributed by atoms with E-state index in [1.807, 2.05) is 48.9 Å². The van der Waals surface area contributed by atoms with E-state index in [9.17, 15) is 9.90 Å². The van der Waals surface area contributed by atoms with E-state index in [-0.39, 0.29) is 18.7 Å². The van der Waals surface area contributed by atoms with Gasteiger partial charge in [-0.1, -0.05) is 31.5 Å². The third-order valence-corrected chi connectivity index (χ3v) is 4.29. The summed E-state index contributed by atoms with van der Waals surface area (Å²) in [5, 5.41) is 16.6. The summed E-state index contributed by atoms with van der Waals surface area (Å²) in [5.74, 6) is 0. The molecule has 0 spiro atoms. The van der Waals surface area contributed by atoms with Gasteiger partial charge in [0.1, 0.15) is 0 Å². The lowest BCUT2D eigenvalue weighted by molar-refractivity contribution is 0.173. The second-order valence-corrected chi connectivity index (χ2v) is 6.17.